The fourth-order valence-corrected chi connectivity index (χ4v) is 2.62. The number of ether oxygens (including phenoxy) is 1. The van der Waals surface area contributed by atoms with Gasteiger partial charge in [0.15, 0.2) is 0 Å². The first-order chi connectivity index (χ1) is 7.33. The molecule has 0 radical (unpaired) electrons. The van der Waals surface area contributed by atoms with Crippen LogP contribution in [0.2, 0.25) is 0 Å². The van der Waals surface area contributed by atoms with Crippen LogP contribution >= 0.6 is 0 Å². The minimum absolute atomic E-state index is 0.519. The van der Waals surface area contributed by atoms with Crippen molar-refractivity contribution in [1.29, 1.82) is 0 Å². The Morgan fingerprint density at radius 3 is 3.13 bits per heavy atom. The molecule has 0 saturated carbocycles. The maximum atomic E-state index is 5.40. The molecule has 15 heavy (non-hydrogen) atoms. The molecule has 0 spiro atoms. The quantitative estimate of drug-likeness (QED) is 0.763. The van der Waals surface area contributed by atoms with Crippen molar-refractivity contribution < 1.29 is 4.74 Å². The van der Waals surface area contributed by atoms with Crippen molar-refractivity contribution in [2.75, 3.05) is 13.2 Å². The molecule has 3 heteroatoms. The Bertz CT molecular complexity index is 353. The van der Waals surface area contributed by atoms with Gasteiger partial charge in [-0.15, -0.1) is 0 Å². The number of nitrogens with one attached hydrogen (secondary N) is 1. The van der Waals surface area contributed by atoms with Crippen molar-refractivity contribution in [1.82, 2.24) is 9.97 Å². The lowest BCUT2D eigenvalue weighted by molar-refractivity contribution is 0.193. The van der Waals surface area contributed by atoms with Crippen molar-refractivity contribution in [3.05, 3.63) is 17.2 Å². The Kier molecular flexibility index (Phi) is 2.28. The molecule has 82 valence electrons. The first-order valence-corrected chi connectivity index (χ1v) is 5.98. The highest BCUT2D eigenvalue weighted by atomic mass is 16.5. The van der Waals surface area contributed by atoms with Crippen LogP contribution in [0.4, 0.5) is 0 Å². The zero-order valence-electron chi connectivity index (χ0n) is 9.25. The van der Waals surface area contributed by atoms with Crippen LogP contribution in [0.15, 0.2) is 0 Å². The average Bonchev–Trinajstić information content (AvgIpc) is 2.84. The summed E-state index contributed by atoms with van der Waals surface area (Å²) >= 11 is 0. The molecule has 2 unspecified atom stereocenters. The molecular formula is C12H18N2O. The summed E-state index contributed by atoms with van der Waals surface area (Å²) in [6.07, 6.45) is 4.75. The van der Waals surface area contributed by atoms with Gasteiger partial charge in [0.25, 0.3) is 0 Å². The van der Waals surface area contributed by atoms with Gasteiger partial charge in [-0.3, -0.25) is 0 Å². The highest BCUT2D eigenvalue weighted by molar-refractivity contribution is 5.20. The van der Waals surface area contributed by atoms with E-state index in [0.29, 0.717) is 5.92 Å². The van der Waals surface area contributed by atoms with Crippen LogP contribution < -0.4 is 0 Å². The third-order valence-corrected chi connectivity index (χ3v) is 3.63. The summed E-state index contributed by atoms with van der Waals surface area (Å²) in [5.41, 5.74) is 2.70. The molecule has 3 nitrogen and oxygen atoms in total. The highest BCUT2D eigenvalue weighted by Gasteiger charge is 2.25. The summed E-state index contributed by atoms with van der Waals surface area (Å²) in [6.45, 7) is 4.07. The SMILES string of the molecule is CC1CCc2nc(C3CCOC3)[nH]c2C1. The second kappa shape index (κ2) is 3.63. The molecule has 2 heterocycles. The van der Waals surface area contributed by atoms with Gasteiger partial charge < -0.3 is 9.72 Å². The number of aromatic amines is 1. The number of hydrogen-bond acceptors (Lipinski definition) is 2. The number of nitrogens with zero attached hydrogens (tertiary/aromatic N) is 1. The third-order valence-electron chi connectivity index (χ3n) is 3.63. The Balaban J connectivity index is 1.85. The summed E-state index contributed by atoms with van der Waals surface area (Å²) in [6, 6.07) is 0. The topological polar surface area (TPSA) is 37.9 Å². The number of aryl methyl sites for hydroxylation is 1. The first kappa shape index (κ1) is 9.40. The van der Waals surface area contributed by atoms with Crippen LogP contribution in [0.3, 0.4) is 0 Å². The summed E-state index contributed by atoms with van der Waals surface area (Å²) < 4.78 is 5.40. The molecule has 1 aliphatic carbocycles. The number of imidazole rings is 1. The second-order valence-electron chi connectivity index (χ2n) is 4.96. The molecule has 1 N–H and O–H groups in total. The molecule has 1 aromatic heterocycles. The number of hydrogen-bond donors (Lipinski definition) is 1. The maximum absolute atomic E-state index is 5.40. The molecule has 1 aliphatic heterocycles. The summed E-state index contributed by atoms with van der Waals surface area (Å²) in [5.74, 6) is 2.50. The van der Waals surface area contributed by atoms with E-state index in [0.717, 1.165) is 32.0 Å². The number of rotatable bonds is 1. The van der Waals surface area contributed by atoms with Gasteiger partial charge in [-0.1, -0.05) is 6.92 Å². The van der Waals surface area contributed by atoms with Gasteiger partial charge >= 0.3 is 0 Å². The molecule has 1 fully saturated rings. The van der Waals surface area contributed by atoms with Crippen molar-refractivity contribution in [2.24, 2.45) is 5.92 Å². The standard InChI is InChI=1S/C12H18N2O/c1-8-2-3-10-11(6-8)14-12(13-10)9-4-5-15-7-9/h8-9H,2-7H2,1H3,(H,13,14). The van der Waals surface area contributed by atoms with Crippen molar-refractivity contribution >= 4 is 0 Å². The Morgan fingerprint density at radius 2 is 2.33 bits per heavy atom. The van der Waals surface area contributed by atoms with Crippen LogP contribution in [-0.2, 0) is 17.6 Å². The molecular weight excluding hydrogens is 188 g/mol. The number of fused-ring (bicyclic) bond motifs is 1. The normalized spacial score (nSPS) is 30.5. The molecule has 2 atom stereocenters. The van der Waals surface area contributed by atoms with Gasteiger partial charge in [-0.2, -0.15) is 0 Å². The van der Waals surface area contributed by atoms with Gasteiger partial charge in [0.05, 0.1) is 12.3 Å². The third kappa shape index (κ3) is 1.69. The Labute approximate surface area is 90.2 Å². The minimum atomic E-state index is 0.519. The maximum Gasteiger partial charge on any atom is 0.112 e. The van der Waals surface area contributed by atoms with E-state index in [4.69, 9.17) is 9.72 Å². The van der Waals surface area contributed by atoms with E-state index in [1.54, 1.807) is 0 Å². The molecule has 0 bridgehead atoms. The second-order valence-corrected chi connectivity index (χ2v) is 4.96. The van der Waals surface area contributed by atoms with Gasteiger partial charge in [0.2, 0.25) is 0 Å². The van der Waals surface area contributed by atoms with Crippen molar-refractivity contribution in [3.8, 4) is 0 Å². The average molecular weight is 206 g/mol. The summed E-state index contributed by atoms with van der Waals surface area (Å²) in [4.78, 5) is 8.25. The molecule has 1 saturated heterocycles. The molecule has 0 amide bonds. The zero-order valence-corrected chi connectivity index (χ0v) is 9.25. The van der Waals surface area contributed by atoms with E-state index in [1.165, 1.54) is 30.1 Å². The van der Waals surface area contributed by atoms with Crippen LogP contribution in [-0.4, -0.2) is 23.2 Å². The van der Waals surface area contributed by atoms with E-state index >= 15 is 0 Å². The van der Waals surface area contributed by atoms with Gasteiger partial charge in [0.1, 0.15) is 5.82 Å². The van der Waals surface area contributed by atoms with E-state index in [2.05, 4.69) is 11.9 Å². The van der Waals surface area contributed by atoms with Crippen LogP contribution in [0.1, 0.15) is 42.9 Å². The lowest BCUT2D eigenvalue weighted by Crippen LogP contribution is -2.10. The lowest BCUT2D eigenvalue weighted by atomic mass is 9.92. The van der Waals surface area contributed by atoms with E-state index < -0.39 is 0 Å². The smallest absolute Gasteiger partial charge is 0.112 e. The predicted molar refractivity (Wildman–Crippen MR) is 58.0 cm³/mol. The first-order valence-electron chi connectivity index (χ1n) is 5.98. The van der Waals surface area contributed by atoms with Crippen LogP contribution in [0.25, 0.3) is 0 Å². The lowest BCUT2D eigenvalue weighted by Gasteiger charge is -2.15. The van der Waals surface area contributed by atoms with E-state index in [1.807, 2.05) is 0 Å². The zero-order chi connectivity index (χ0) is 10.3. The van der Waals surface area contributed by atoms with Gasteiger partial charge in [0, 0.05) is 18.2 Å². The van der Waals surface area contributed by atoms with E-state index in [9.17, 15) is 0 Å². The fourth-order valence-electron chi connectivity index (χ4n) is 2.62. The van der Waals surface area contributed by atoms with Crippen molar-refractivity contribution in [2.45, 2.75) is 38.5 Å². The van der Waals surface area contributed by atoms with Crippen LogP contribution in [0.5, 0.6) is 0 Å². The van der Waals surface area contributed by atoms with Crippen molar-refractivity contribution in [3.63, 3.8) is 0 Å². The number of aromatic nitrogens is 2. The molecule has 1 aromatic rings. The largest absolute Gasteiger partial charge is 0.381 e. The highest BCUT2D eigenvalue weighted by Crippen LogP contribution is 2.28. The molecule has 3 rings (SSSR count). The predicted octanol–water partition coefficient (Wildman–Crippen LogP) is 2.04. The van der Waals surface area contributed by atoms with Crippen LogP contribution in [0, 0.1) is 5.92 Å². The number of H-pyrrole nitrogens is 1. The summed E-state index contributed by atoms with van der Waals surface area (Å²) in [5, 5.41) is 0. The van der Waals surface area contributed by atoms with E-state index in [-0.39, 0.29) is 0 Å². The minimum Gasteiger partial charge on any atom is -0.381 e. The Hall–Kier alpha value is -0.830. The molecule has 0 aromatic carbocycles. The fraction of sp³-hybridized carbons (Fsp3) is 0.750. The molecule has 2 aliphatic rings. The van der Waals surface area contributed by atoms with Gasteiger partial charge in [-0.25, -0.2) is 4.98 Å². The Morgan fingerprint density at radius 1 is 1.40 bits per heavy atom. The summed E-state index contributed by atoms with van der Waals surface area (Å²) in [7, 11) is 0. The monoisotopic (exact) mass is 206 g/mol. The van der Waals surface area contributed by atoms with Gasteiger partial charge in [-0.05, 0) is 31.6 Å².